The summed E-state index contributed by atoms with van der Waals surface area (Å²) in [5, 5.41) is 3.70. The molecule has 2 heterocycles. The van der Waals surface area contributed by atoms with Gasteiger partial charge in [0.05, 0.1) is 17.0 Å². The van der Waals surface area contributed by atoms with E-state index in [1.54, 1.807) is 0 Å². The average Bonchev–Trinajstić information content (AvgIpc) is 2.85. The highest BCUT2D eigenvalue weighted by Gasteiger charge is 2.28. The van der Waals surface area contributed by atoms with Gasteiger partial charge in [0.25, 0.3) is 5.56 Å². The maximum absolute atomic E-state index is 12.2. The predicted octanol–water partition coefficient (Wildman–Crippen LogP) is 1.38. The number of fused-ring (bicyclic) bond motifs is 1. The second-order valence-corrected chi connectivity index (χ2v) is 9.07. The number of aromatic nitrogens is 1. The van der Waals surface area contributed by atoms with Crippen molar-refractivity contribution in [1.82, 2.24) is 10.3 Å². The topological polar surface area (TPSA) is 96.1 Å². The van der Waals surface area contributed by atoms with Crippen LogP contribution >= 0.6 is 0 Å². The molecule has 6 nitrogen and oxygen atoms in total. The van der Waals surface area contributed by atoms with Crippen LogP contribution in [-0.4, -0.2) is 36.9 Å². The molecule has 2 aromatic rings. The van der Waals surface area contributed by atoms with Crippen LogP contribution in [0.1, 0.15) is 29.5 Å². The second-order valence-electron chi connectivity index (χ2n) is 6.84. The monoisotopic (exact) mass is 362 g/mol. The number of H-pyrrole nitrogens is 1. The van der Waals surface area contributed by atoms with Crippen molar-refractivity contribution < 1.29 is 13.2 Å². The summed E-state index contributed by atoms with van der Waals surface area (Å²) in [4.78, 5) is 27.2. The molecular weight excluding hydrogens is 340 g/mol. The molecule has 134 valence electrons. The number of nitrogens with one attached hydrogen (secondary N) is 2. The van der Waals surface area contributed by atoms with Gasteiger partial charge in [-0.3, -0.25) is 9.59 Å². The summed E-state index contributed by atoms with van der Waals surface area (Å²) < 4.78 is 22.9. The Hall–Kier alpha value is -2.15. The normalized spacial score (nSPS) is 19.2. The van der Waals surface area contributed by atoms with Crippen LogP contribution in [0.15, 0.2) is 23.0 Å². The van der Waals surface area contributed by atoms with E-state index in [-0.39, 0.29) is 35.4 Å². The Morgan fingerprint density at radius 1 is 1.28 bits per heavy atom. The molecule has 0 saturated carbocycles. The van der Waals surface area contributed by atoms with E-state index in [1.165, 1.54) is 0 Å². The van der Waals surface area contributed by atoms with Gasteiger partial charge in [0, 0.05) is 18.0 Å². The lowest BCUT2D eigenvalue weighted by Crippen LogP contribution is -2.35. The number of hydrogen-bond acceptors (Lipinski definition) is 4. The van der Waals surface area contributed by atoms with Crippen LogP contribution in [0.4, 0.5) is 0 Å². The van der Waals surface area contributed by atoms with Crippen molar-refractivity contribution in [2.45, 2.75) is 39.2 Å². The lowest BCUT2D eigenvalue weighted by molar-refractivity contribution is -0.121. The smallest absolute Gasteiger partial charge is 0.251 e. The summed E-state index contributed by atoms with van der Waals surface area (Å²) in [5.74, 6) is -0.0866. The zero-order valence-corrected chi connectivity index (χ0v) is 15.2. The number of sulfone groups is 1. The summed E-state index contributed by atoms with van der Waals surface area (Å²) in [6.07, 6.45) is 0.947. The van der Waals surface area contributed by atoms with E-state index < -0.39 is 9.84 Å². The Morgan fingerprint density at radius 3 is 2.72 bits per heavy atom. The quantitative estimate of drug-likeness (QED) is 0.859. The summed E-state index contributed by atoms with van der Waals surface area (Å²) in [6.45, 7) is 3.95. The van der Waals surface area contributed by atoms with Gasteiger partial charge in [-0.15, -0.1) is 0 Å². The molecule has 1 aliphatic heterocycles. The molecule has 1 aromatic heterocycles. The Bertz CT molecular complexity index is 992. The van der Waals surface area contributed by atoms with Gasteiger partial charge < -0.3 is 10.3 Å². The molecule has 1 aliphatic rings. The summed E-state index contributed by atoms with van der Waals surface area (Å²) in [5.41, 5.74) is 3.32. The molecule has 1 aromatic carbocycles. The number of hydrogen-bond donors (Lipinski definition) is 2. The van der Waals surface area contributed by atoms with Crippen molar-refractivity contribution in [2.75, 3.05) is 11.5 Å². The van der Waals surface area contributed by atoms with E-state index in [4.69, 9.17) is 0 Å². The van der Waals surface area contributed by atoms with E-state index in [0.29, 0.717) is 18.4 Å². The molecular formula is C18H22N2O4S. The van der Waals surface area contributed by atoms with Crippen LogP contribution in [0, 0.1) is 13.8 Å². The van der Waals surface area contributed by atoms with Crippen molar-refractivity contribution in [2.24, 2.45) is 0 Å². The zero-order valence-electron chi connectivity index (χ0n) is 14.4. The number of rotatable bonds is 4. The number of pyridine rings is 1. The van der Waals surface area contributed by atoms with Gasteiger partial charge in [-0.2, -0.15) is 0 Å². The van der Waals surface area contributed by atoms with Crippen LogP contribution in [0.2, 0.25) is 0 Å². The maximum Gasteiger partial charge on any atom is 0.251 e. The third-order valence-electron chi connectivity index (χ3n) is 4.59. The Kier molecular flexibility index (Phi) is 4.69. The lowest BCUT2D eigenvalue weighted by Gasteiger charge is -2.11. The Labute approximate surface area is 146 Å². The van der Waals surface area contributed by atoms with E-state index in [2.05, 4.69) is 10.3 Å². The van der Waals surface area contributed by atoms with Crippen molar-refractivity contribution in [3.8, 4) is 0 Å². The maximum atomic E-state index is 12.2. The van der Waals surface area contributed by atoms with E-state index in [0.717, 1.165) is 22.0 Å². The fraction of sp³-hybridized carbons (Fsp3) is 0.444. The molecule has 0 spiro atoms. The minimum Gasteiger partial charge on any atom is -0.352 e. The third-order valence-corrected chi connectivity index (χ3v) is 6.36. The van der Waals surface area contributed by atoms with E-state index in [9.17, 15) is 18.0 Å². The van der Waals surface area contributed by atoms with Gasteiger partial charge in [0.1, 0.15) is 0 Å². The lowest BCUT2D eigenvalue weighted by atomic mass is 10.0. The average molecular weight is 362 g/mol. The number of carbonyl (C=O) groups is 1. The van der Waals surface area contributed by atoms with Crippen molar-refractivity contribution in [3.05, 3.63) is 45.2 Å². The minimum atomic E-state index is -3.02. The molecule has 1 fully saturated rings. The van der Waals surface area contributed by atoms with Crippen LogP contribution in [0.25, 0.3) is 10.9 Å². The highest BCUT2D eigenvalue weighted by Crippen LogP contribution is 2.18. The molecule has 25 heavy (non-hydrogen) atoms. The minimum absolute atomic E-state index is 0.00779. The number of amides is 1. The van der Waals surface area contributed by atoms with Gasteiger partial charge >= 0.3 is 0 Å². The highest BCUT2D eigenvalue weighted by atomic mass is 32.2. The van der Waals surface area contributed by atoms with E-state index >= 15 is 0 Å². The van der Waals surface area contributed by atoms with E-state index in [1.807, 2.05) is 32.0 Å². The van der Waals surface area contributed by atoms with Crippen molar-refractivity contribution >= 4 is 26.6 Å². The van der Waals surface area contributed by atoms with Crippen molar-refractivity contribution in [3.63, 3.8) is 0 Å². The molecule has 3 rings (SSSR count). The van der Waals surface area contributed by atoms with Crippen molar-refractivity contribution in [1.29, 1.82) is 0 Å². The predicted molar refractivity (Wildman–Crippen MR) is 97.6 cm³/mol. The fourth-order valence-electron chi connectivity index (χ4n) is 3.37. The molecule has 2 N–H and O–H groups in total. The molecule has 0 bridgehead atoms. The van der Waals surface area contributed by atoms with Crippen LogP contribution in [-0.2, 0) is 21.1 Å². The Morgan fingerprint density at radius 2 is 2.04 bits per heavy atom. The molecule has 1 saturated heterocycles. The number of aromatic amines is 1. The molecule has 7 heteroatoms. The molecule has 0 aliphatic carbocycles. The number of carbonyl (C=O) groups excluding carboxylic acids is 1. The molecule has 0 radical (unpaired) electrons. The van der Waals surface area contributed by atoms with Gasteiger partial charge in [-0.25, -0.2) is 8.42 Å². The standard InChI is InChI=1S/C18H22N2O4S/c1-11-7-12(2)17-14(8-11)9-13(18(22)20-17)3-4-16(21)19-15-5-6-25(23,24)10-15/h7-9,15H,3-6,10H2,1-2H3,(H,19,21)(H,20,22). The second kappa shape index (κ2) is 6.63. The first kappa shape index (κ1) is 17.7. The number of aryl methyl sites for hydroxylation is 3. The largest absolute Gasteiger partial charge is 0.352 e. The highest BCUT2D eigenvalue weighted by molar-refractivity contribution is 7.91. The van der Waals surface area contributed by atoms with Crippen LogP contribution < -0.4 is 10.9 Å². The first-order chi connectivity index (χ1) is 11.7. The summed E-state index contributed by atoms with van der Waals surface area (Å²) in [6, 6.07) is 5.55. The molecule has 1 unspecified atom stereocenters. The summed E-state index contributed by atoms with van der Waals surface area (Å²) in [7, 11) is -3.02. The zero-order chi connectivity index (χ0) is 18.2. The van der Waals surface area contributed by atoms with Crippen LogP contribution in [0.3, 0.4) is 0 Å². The fourth-order valence-corrected chi connectivity index (χ4v) is 5.05. The van der Waals surface area contributed by atoms with Gasteiger partial charge in [0.15, 0.2) is 9.84 Å². The first-order valence-corrected chi connectivity index (χ1v) is 10.2. The van der Waals surface area contributed by atoms with Gasteiger partial charge in [-0.1, -0.05) is 11.6 Å². The SMILES string of the molecule is Cc1cc(C)c2[nH]c(=O)c(CCC(=O)NC3CCS(=O)(=O)C3)cc2c1. The molecule has 1 amide bonds. The third kappa shape index (κ3) is 4.10. The molecule has 1 atom stereocenters. The number of benzene rings is 1. The summed E-state index contributed by atoms with van der Waals surface area (Å²) >= 11 is 0. The van der Waals surface area contributed by atoms with Gasteiger partial charge in [0.2, 0.25) is 5.91 Å². The Balaban J connectivity index is 1.70. The van der Waals surface area contributed by atoms with Gasteiger partial charge in [-0.05, 0) is 49.8 Å². The first-order valence-electron chi connectivity index (χ1n) is 8.36. The van der Waals surface area contributed by atoms with Crippen LogP contribution in [0.5, 0.6) is 0 Å².